The number of nitro benzene ring substituents is 1. The zero-order valence-corrected chi connectivity index (χ0v) is 15.8. The van der Waals surface area contributed by atoms with Crippen molar-refractivity contribution in [1.82, 2.24) is 4.31 Å². The standard InChI is InChI=1S/C17H19N3O7S/c1-26-16-5-2-12(10-15(16)21)18-14-4-3-13(20(22)23)11-17(14)28(24,25)19-6-8-27-9-7-19/h2-5,10-11,18,21H,6-9H2,1H3. The number of phenolic OH excluding ortho intramolecular Hbond substituents is 1. The summed E-state index contributed by atoms with van der Waals surface area (Å²) in [6.45, 7) is 0.828. The second-order valence-corrected chi connectivity index (χ2v) is 7.87. The molecule has 0 aliphatic carbocycles. The van der Waals surface area contributed by atoms with E-state index in [1.807, 2.05) is 0 Å². The van der Waals surface area contributed by atoms with E-state index in [0.717, 1.165) is 6.07 Å². The number of phenols is 1. The maximum absolute atomic E-state index is 13.1. The summed E-state index contributed by atoms with van der Waals surface area (Å²) in [5, 5.41) is 24.0. The Morgan fingerprint density at radius 3 is 2.54 bits per heavy atom. The van der Waals surface area contributed by atoms with Crippen molar-refractivity contribution in [2.24, 2.45) is 0 Å². The smallest absolute Gasteiger partial charge is 0.270 e. The van der Waals surface area contributed by atoms with Crippen molar-refractivity contribution in [3.63, 3.8) is 0 Å². The Morgan fingerprint density at radius 2 is 1.93 bits per heavy atom. The summed E-state index contributed by atoms with van der Waals surface area (Å²) < 4.78 is 37.6. The zero-order valence-electron chi connectivity index (χ0n) is 15.0. The molecular formula is C17H19N3O7S. The van der Waals surface area contributed by atoms with Crippen molar-refractivity contribution in [2.45, 2.75) is 4.90 Å². The highest BCUT2D eigenvalue weighted by Crippen LogP contribution is 2.34. The lowest BCUT2D eigenvalue weighted by atomic mass is 10.2. The van der Waals surface area contributed by atoms with Gasteiger partial charge >= 0.3 is 0 Å². The number of hydrogen-bond acceptors (Lipinski definition) is 8. The summed E-state index contributed by atoms with van der Waals surface area (Å²) in [6, 6.07) is 8.03. The van der Waals surface area contributed by atoms with E-state index >= 15 is 0 Å². The average molecular weight is 409 g/mol. The van der Waals surface area contributed by atoms with Crippen molar-refractivity contribution < 1.29 is 27.9 Å². The van der Waals surface area contributed by atoms with Crippen LogP contribution in [0.4, 0.5) is 17.1 Å². The number of nitro groups is 1. The van der Waals surface area contributed by atoms with Gasteiger partial charge in [-0.15, -0.1) is 0 Å². The van der Waals surface area contributed by atoms with Gasteiger partial charge in [0.05, 0.1) is 30.9 Å². The Labute approximate surface area is 161 Å². The van der Waals surface area contributed by atoms with E-state index in [4.69, 9.17) is 9.47 Å². The molecule has 1 aliphatic rings. The first-order chi connectivity index (χ1) is 13.3. The minimum Gasteiger partial charge on any atom is -0.504 e. The third-order valence-electron chi connectivity index (χ3n) is 4.22. The van der Waals surface area contributed by atoms with Gasteiger partial charge in [-0.25, -0.2) is 8.42 Å². The van der Waals surface area contributed by atoms with Crippen LogP contribution >= 0.6 is 0 Å². The summed E-state index contributed by atoms with van der Waals surface area (Å²) in [5.41, 5.74) is 0.210. The number of hydrogen-bond donors (Lipinski definition) is 2. The van der Waals surface area contributed by atoms with Gasteiger partial charge in [0, 0.05) is 37.0 Å². The maximum atomic E-state index is 13.1. The topological polar surface area (TPSA) is 131 Å². The summed E-state index contributed by atoms with van der Waals surface area (Å²) in [5.74, 6) is 0.127. The molecule has 150 valence electrons. The molecule has 10 nitrogen and oxygen atoms in total. The van der Waals surface area contributed by atoms with E-state index in [1.165, 1.54) is 35.7 Å². The van der Waals surface area contributed by atoms with Crippen LogP contribution in [0, 0.1) is 10.1 Å². The van der Waals surface area contributed by atoms with E-state index in [9.17, 15) is 23.6 Å². The first-order valence-electron chi connectivity index (χ1n) is 8.33. The molecule has 0 amide bonds. The maximum Gasteiger partial charge on any atom is 0.270 e. The second kappa shape index (κ2) is 8.00. The summed E-state index contributed by atoms with van der Waals surface area (Å²) in [4.78, 5) is 10.3. The Bertz CT molecular complexity index is 988. The van der Waals surface area contributed by atoms with E-state index in [-0.39, 0.29) is 54.1 Å². The van der Waals surface area contributed by atoms with Crippen LogP contribution in [0.15, 0.2) is 41.3 Å². The molecule has 0 aromatic heterocycles. The average Bonchev–Trinajstić information content (AvgIpc) is 2.69. The third kappa shape index (κ3) is 4.01. The number of non-ortho nitro benzene ring substituents is 1. The Morgan fingerprint density at radius 1 is 1.21 bits per heavy atom. The first-order valence-corrected chi connectivity index (χ1v) is 9.77. The molecule has 0 saturated carbocycles. The predicted octanol–water partition coefficient (Wildman–Crippen LogP) is 2.07. The largest absolute Gasteiger partial charge is 0.504 e. The predicted molar refractivity (Wildman–Crippen MR) is 101 cm³/mol. The van der Waals surface area contributed by atoms with Gasteiger partial charge in [-0.05, 0) is 18.2 Å². The van der Waals surface area contributed by atoms with Crippen molar-refractivity contribution in [1.29, 1.82) is 0 Å². The number of nitrogens with zero attached hydrogens (tertiary/aromatic N) is 2. The van der Waals surface area contributed by atoms with Gasteiger partial charge in [-0.1, -0.05) is 0 Å². The zero-order chi connectivity index (χ0) is 20.3. The van der Waals surface area contributed by atoms with Crippen molar-refractivity contribution in [2.75, 3.05) is 38.7 Å². The molecule has 2 aromatic rings. The Hall–Kier alpha value is -2.89. The lowest BCUT2D eigenvalue weighted by Gasteiger charge is -2.27. The number of morpholine rings is 1. The molecule has 0 bridgehead atoms. The number of aromatic hydroxyl groups is 1. The number of sulfonamides is 1. The summed E-state index contributed by atoms with van der Waals surface area (Å²) >= 11 is 0. The van der Waals surface area contributed by atoms with Gasteiger partial charge < -0.3 is 19.9 Å². The molecule has 28 heavy (non-hydrogen) atoms. The molecule has 1 aliphatic heterocycles. The highest BCUT2D eigenvalue weighted by Gasteiger charge is 2.30. The molecule has 3 rings (SSSR count). The number of rotatable bonds is 6. The second-order valence-electron chi connectivity index (χ2n) is 5.97. The fraction of sp³-hybridized carbons (Fsp3) is 0.294. The number of anilines is 2. The van der Waals surface area contributed by atoms with Crippen molar-refractivity contribution >= 4 is 27.1 Å². The quantitative estimate of drug-likeness (QED) is 0.548. The number of benzene rings is 2. The van der Waals surface area contributed by atoms with Crippen molar-refractivity contribution in [3.05, 3.63) is 46.5 Å². The van der Waals surface area contributed by atoms with Crippen LogP contribution in [0.2, 0.25) is 0 Å². The van der Waals surface area contributed by atoms with E-state index < -0.39 is 14.9 Å². The van der Waals surface area contributed by atoms with Crippen LogP contribution in [0.25, 0.3) is 0 Å². The molecule has 1 saturated heterocycles. The van der Waals surface area contributed by atoms with Gasteiger partial charge in [-0.3, -0.25) is 10.1 Å². The van der Waals surface area contributed by atoms with E-state index in [0.29, 0.717) is 5.69 Å². The van der Waals surface area contributed by atoms with Crippen LogP contribution in [0.5, 0.6) is 11.5 Å². The number of methoxy groups -OCH3 is 1. The van der Waals surface area contributed by atoms with E-state index in [1.54, 1.807) is 6.07 Å². The number of ether oxygens (including phenoxy) is 2. The van der Waals surface area contributed by atoms with Gasteiger partial charge in [-0.2, -0.15) is 4.31 Å². The van der Waals surface area contributed by atoms with Crippen LogP contribution in [-0.2, 0) is 14.8 Å². The molecule has 1 fully saturated rings. The van der Waals surface area contributed by atoms with Gasteiger partial charge in [0.2, 0.25) is 10.0 Å². The number of nitrogens with one attached hydrogen (secondary N) is 1. The summed E-state index contributed by atoms with van der Waals surface area (Å²) in [7, 11) is -2.58. The molecule has 1 heterocycles. The van der Waals surface area contributed by atoms with Crippen LogP contribution in [0.3, 0.4) is 0 Å². The minimum absolute atomic E-state index is 0.132. The minimum atomic E-state index is -3.99. The highest BCUT2D eigenvalue weighted by atomic mass is 32.2. The lowest BCUT2D eigenvalue weighted by molar-refractivity contribution is -0.385. The molecule has 0 spiro atoms. The lowest BCUT2D eigenvalue weighted by Crippen LogP contribution is -2.40. The fourth-order valence-corrected chi connectivity index (χ4v) is 4.37. The van der Waals surface area contributed by atoms with E-state index in [2.05, 4.69) is 5.32 Å². The highest BCUT2D eigenvalue weighted by molar-refractivity contribution is 7.89. The Kier molecular flexibility index (Phi) is 5.68. The molecule has 11 heteroatoms. The van der Waals surface area contributed by atoms with Crippen molar-refractivity contribution in [3.8, 4) is 11.5 Å². The normalized spacial score (nSPS) is 15.2. The molecule has 2 N–H and O–H groups in total. The molecule has 0 atom stereocenters. The SMILES string of the molecule is COc1ccc(Nc2ccc([N+](=O)[O-])cc2S(=O)(=O)N2CCOCC2)cc1O. The van der Waals surface area contributed by atoms with Gasteiger partial charge in [0.25, 0.3) is 5.69 Å². The van der Waals surface area contributed by atoms with Crippen LogP contribution < -0.4 is 10.1 Å². The fourth-order valence-electron chi connectivity index (χ4n) is 2.79. The van der Waals surface area contributed by atoms with Crippen LogP contribution in [-0.4, -0.2) is 56.2 Å². The first kappa shape index (κ1) is 19.9. The molecular weight excluding hydrogens is 390 g/mol. The molecule has 2 aromatic carbocycles. The van der Waals surface area contributed by atoms with Crippen LogP contribution in [0.1, 0.15) is 0 Å². The summed E-state index contributed by atoms with van der Waals surface area (Å²) in [6.07, 6.45) is 0. The Balaban J connectivity index is 2.03. The monoisotopic (exact) mass is 409 g/mol. The van der Waals surface area contributed by atoms with Gasteiger partial charge in [0.1, 0.15) is 4.90 Å². The van der Waals surface area contributed by atoms with Gasteiger partial charge in [0.15, 0.2) is 11.5 Å². The third-order valence-corrected chi connectivity index (χ3v) is 6.16. The molecule has 0 unspecified atom stereocenters. The molecule has 0 radical (unpaired) electrons.